The van der Waals surface area contributed by atoms with Gasteiger partial charge >= 0.3 is 0 Å². The maximum absolute atomic E-state index is 11.2. The second kappa shape index (κ2) is 13.8. The van der Waals surface area contributed by atoms with E-state index in [0.717, 1.165) is 29.5 Å². The SMILES string of the molecule is CCCCCCCCCCCCCCCc1c([N+](=O)[O-])ccc(C)c1C. The van der Waals surface area contributed by atoms with Gasteiger partial charge in [-0.2, -0.15) is 0 Å². The minimum atomic E-state index is -0.232. The molecule has 0 aliphatic heterocycles. The molecule has 148 valence electrons. The fourth-order valence-electron chi connectivity index (χ4n) is 3.67. The molecule has 1 aromatic carbocycles. The highest BCUT2D eigenvalue weighted by Gasteiger charge is 2.16. The summed E-state index contributed by atoms with van der Waals surface area (Å²) in [4.78, 5) is 11.0. The van der Waals surface area contributed by atoms with Gasteiger partial charge in [0.05, 0.1) is 4.92 Å². The van der Waals surface area contributed by atoms with Gasteiger partial charge in [-0.25, -0.2) is 0 Å². The van der Waals surface area contributed by atoms with Gasteiger partial charge in [0, 0.05) is 11.6 Å². The van der Waals surface area contributed by atoms with Crippen LogP contribution in [0.15, 0.2) is 12.1 Å². The number of rotatable bonds is 15. The van der Waals surface area contributed by atoms with Gasteiger partial charge in [-0.05, 0) is 37.8 Å². The van der Waals surface area contributed by atoms with Gasteiger partial charge in [0.25, 0.3) is 5.69 Å². The first-order valence-electron chi connectivity index (χ1n) is 10.8. The van der Waals surface area contributed by atoms with Crippen molar-refractivity contribution in [2.75, 3.05) is 0 Å². The predicted molar refractivity (Wildman–Crippen MR) is 112 cm³/mol. The Labute approximate surface area is 160 Å². The number of aryl methyl sites for hydroxylation is 1. The summed E-state index contributed by atoms with van der Waals surface area (Å²) in [6.07, 6.45) is 18.1. The van der Waals surface area contributed by atoms with Crippen molar-refractivity contribution in [2.45, 2.75) is 111 Å². The number of nitro benzene ring substituents is 1. The summed E-state index contributed by atoms with van der Waals surface area (Å²) >= 11 is 0. The Bertz CT molecular complexity index is 525. The van der Waals surface area contributed by atoms with Crippen LogP contribution >= 0.6 is 0 Å². The fourth-order valence-corrected chi connectivity index (χ4v) is 3.67. The summed E-state index contributed by atoms with van der Waals surface area (Å²) in [5, 5.41) is 11.2. The lowest BCUT2D eigenvalue weighted by Gasteiger charge is -2.09. The van der Waals surface area contributed by atoms with E-state index in [-0.39, 0.29) is 4.92 Å². The van der Waals surface area contributed by atoms with Crippen LogP contribution in [0.3, 0.4) is 0 Å². The molecule has 0 amide bonds. The molecule has 3 heteroatoms. The van der Waals surface area contributed by atoms with Crippen LogP contribution in [0.25, 0.3) is 0 Å². The summed E-state index contributed by atoms with van der Waals surface area (Å²) in [7, 11) is 0. The molecule has 0 spiro atoms. The van der Waals surface area contributed by atoms with Crippen molar-refractivity contribution < 1.29 is 4.92 Å². The third-order valence-electron chi connectivity index (χ3n) is 5.57. The topological polar surface area (TPSA) is 43.1 Å². The van der Waals surface area contributed by atoms with Crippen molar-refractivity contribution in [2.24, 2.45) is 0 Å². The summed E-state index contributed by atoms with van der Waals surface area (Å²) in [5.41, 5.74) is 3.49. The van der Waals surface area contributed by atoms with E-state index < -0.39 is 0 Å². The quantitative estimate of drug-likeness (QED) is 0.181. The summed E-state index contributed by atoms with van der Waals surface area (Å²) in [5.74, 6) is 0. The third kappa shape index (κ3) is 8.82. The van der Waals surface area contributed by atoms with E-state index in [1.165, 1.54) is 77.0 Å². The highest BCUT2D eigenvalue weighted by atomic mass is 16.6. The number of benzene rings is 1. The monoisotopic (exact) mass is 361 g/mol. The molecule has 0 radical (unpaired) electrons. The van der Waals surface area contributed by atoms with Crippen LogP contribution in [0.5, 0.6) is 0 Å². The van der Waals surface area contributed by atoms with Crippen LogP contribution < -0.4 is 0 Å². The molecule has 0 aromatic heterocycles. The number of unbranched alkanes of at least 4 members (excludes halogenated alkanes) is 12. The molecule has 0 atom stereocenters. The van der Waals surface area contributed by atoms with Gasteiger partial charge in [-0.3, -0.25) is 10.1 Å². The maximum Gasteiger partial charge on any atom is 0.272 e. The lowest BCUT2D eigenvalue weighted by Crippen LogP contribution is -2.00. The average molecular weight is 362 g/mol. The molecule has 0 N–H and O–H groups in total. The Kier molecular flexibility index (Phi) is 12.0. The molecule has 0 aliphatic carbocycles. The number of hydrogen-bond donors (Lipinski definition) is 0. The lowest BCUT2D eigenvalue weighted by molar-refractivity contribution is -0.385. The molecule has 1 aromatic rings. The van der Waals surface area contributed by atoms with Crippen LogP contribution in [-0.4, -0.2) is 4.92 Å². The first-order chi connectivity index (χ1) is 12.6. The van der Waals surface area contributed by atoms with Crippen LogP contribution in [0, 0.1) is 24.0 Å². The zero-order chi connectivity index (χ0) is 19.2. The molecule has 3 nitrogen and oxygen atoms in total. The molecule has 0 unspecified atom stereocenters. The molecular weight excluding hydrogens is 322 g/mol. The van der Waals surface area contributed by atoms with Gasteiger partial charge in [-0.1, -0.05) is 90.0 Å². The zero-order valence-electron chi connectivity index (χ0n) is 17.3. The molecule has 0 bridgehead atoms. The van der Waals surface area contributed by atoms with Gasteiger partial charge in [-0.15, -0.1) is 0 Å². The Balaban J connectivity index is 2.10. The highest BCUT2D eigenvalue weighted by Crippen LogP contribution is 2.26. The largest absolute Gasteiger partial charge is 0.272 e. The van der Waals surface area contributed by atoms with E-state index in [2.05, 4.69) is 6.92 Å². The molecule has 0 aliphatic rings. The van der Waals surface area contributed by atoms with Crippen molar-refractivity contribution in [1.82, 2.24) is 0 Å². The number of nitro groups is 1. The first kappa shape index (κ1) is 22.7. The molecular formula is C23H39NO2. The van der Waals surface area contributed by atoms with Crippen LogP contribution in [0.1, 0.15) is 107 Å². The van der Waals surface area contributed by atoms with Crippen molar-refractivity contribution in [3.8, 4) is 0 Å². The van der Waals surface area contributed by atoms with Crippen molar-refractivity contribution in [1.29, 1.82) is 0 Å². The highest BCUT2D eigenvalue weighted by molar-refractivity contribution is 5.48. The van der Waals surface area contributed by atoms with E-state index in [1.807, 2.05) is 19.9 Å². The van der Waals surface area contributed by atoms with Crippen molar-refractivity contribution in [3.05, 3.63) is 38.9 Å². The van der Waals surface area contributed by atoms with Gasteiger partial charge in [0.2, 0.25) is 0 Å². The Morgan fingerprint density at radius 3 is 1.69 bits per heavy atom. The van der Waals surface area contributed by atoms with Gasteiger partial charge < -0.3 is 0 Å². The summed E-state index contributed by atoms with van der Waals surface area (Å²) in [6, 6.07) is 3.53. The second-order valence-electron chi connectivity index (χ2n) is 7.75. The third-order valence-corrected chi connectivity index (χ3v) is 5.57. The molecule has 26 heavy (non-hydrogen) atoms. The Morgan fingerprint density at radius 2 is 1.23 bits per heavy atom. The smallest absolute Gasteiger partial charge is 0.258 e. The van der Waals surface area contributed by atoms with Crippen LogP contribution in [0.4, 0.5) is 5.69 Å². The fraction of sp³-hybridized carbons (Fsp3) is 0.739. The maximum atomic E-state index is 11.2. The molecule has 0 saturated carbocycles. The first-order valence-corrected chi connectivity index (χ1v) is 10.8. The molecule has 0 saturated heterocycles. The van der Waals surface area contributed by atoms with Gasteiger partial charge in [0.1, 0.15) is 0 Å². The summed E-state index contributed by atoms with van der Waals surface area (Å²) in [6.45, 7) is 6.32. The van der Waals surface area contributed by atoms with Crippen molar-refractivity contribution in [3.63, 3.8) is 0 Å². The average Bonchev–Trinajstić information content (AvgIpc) is 2.62. The van der Waals surface area contributed by atoms with E-state index in [0.29, 0.717) is 5.69 Å². The minimum Gasteiger partial charge on any atom is -0.258 e. The van der Waals surface area contributed by atoms with Gasteiger partial charge in [0.15, 0.2) is 0 Å². The Hall–Kier alpha value is -1.38. The molecule has 1 rings (SSSR count). The second-order valence-corrected chi connectivity index (χ2v) is 7.75. The zero-order valence-corrected chi connectivity index (χ0v) is 17.3. The predicted octanol–water partition coefficient (Wildman–Crippen LogP) is 7.85. The number of nitrogens with zero attached hydrogens (tertiary/aromatic N) is 1. The summed E-state index contributed by atoms with van der Waals surface area (Å²) < 4.78 is 0. The molecule has 0 fully saturated rings. The molecule has 0 heterocycles. The lowest BCUT2D eigenvalue weighted by atomic mass is 9.96. The van der Waals surface area contributed by atoms with E-state index in [4.69, 9.17) is 0 Å². The van der Waals surface area contributed by atoms with Crippen LogP contribution in [-0.2, 0) is 6.42 Å². The standard InChI is InChI=1S/C23H39NO2/c1-4-5-6-7-8-9-10-11-12-13-14-15-16-17-22-21(3)20(2)18-19-23(22)24(25)26/h18-19H,4-17H2,1-3H3. The normalized spacial score (nSPS) is 11.0. The van der Waals surface area contributed by atoms with E-state index in [9.17, 15) is 10.1 Å². The van der Waals surface area contributed by atoms with Crippen molar-refractivity contribution >= 4 is 5.69 Å². The Morgan fingerprint density at radius 1 is 0.769 bits per heavy atom. The number of hydrogen-bond acceptors (Lipinski definition) is 2. The van der Waals surface area contributed by atoms with E-state index >= 15 is 0 Å². The minimum absolute atomic E-state index is 0.232. The van der Waals surface area contributed by atoms with Crippen LogP contribution in [0.2, 0.25) is 0 Å². The van der Waals surface area contributed by atoms with E-state index in [1.54, 1.807) is 6.07 Å².